The summed E-state index contributed by atoms with van der Waals surface area (Å²) in [5.41, 5.74) is 1.08. The molecule has 1 aromatic rings. The molecular formula is C16H21NO4. The average molecular weight is 291 g/mol. The molecule has 2 rings (SSSR count). The molecule has 1 saturated heterocycles. The molecule has 0 saturated carbocycles. The molecule has 1 fully saturated rings. The van der Waals surface area contributed by atoms with Crippen LogP contribution >= 0.6 is 0 Å². The van der Waals surface area contributed by atoms with E-state index in [2.05, 4.69) is 0 Å². The molecule has 1 atom stereocenters. The Bertz CT molecular complexity index is 515. The van der Waals surface area contributed by atoms with Crippen LogP contribution in [0.15, 0.2) is 24.3 Å². The Morgan fingerprint density at radius 2 is 2.19 bits per heavy atom. The summed E-state index contributed by atoms with van der Waals surface area (Å²) in [6.07, 6.45) is 2.66. The van der Waals surface area contributed by atoms with Crippen molar-refractivity contribution < 1.29 is 19.4 Å². The van der Waals surface area contributed by atoms with E-state index in [1.807, 2.05) is 29.2 Å². The fourth-order valence-electron chi connectivity index (χ4n) is 2.80. The van der Waals surface area contributed by atoms with Gasteiger partial charge in [0.1, 0.15) is 5.75 Å². The quantitative estimate of drug-likeness (QED) is 0.875. The molecule has 0 aromatic heterocycles. The van der Waals surface area contributed by atoms with Crippen LogP contribution < -0.4 is 4.74 Å². The van der Waals surface area contributed by atoms with Gasteiger partial charge in [-0.05, 0) is 37.0 Å². The average Bonchev–Trinajstić information content (AvgIpc) is 2.96. The highest BCUT2D eigenvalue weighted by Gasteiger charge is 2.29. The van der Waals surface area contributed by atoms with Gasteiger partial charge in [-0.1, -0.05) is 12.1 Å². The molecule has 21 heavy (non-hydrogen) atoms. The minimum atomic E-state index is -0.853. The van der Waals surface area contributed by atoms with E-state index in [-0.39, 0.29) is 18.4 Å². The van der Waals surface area contributed by atoms with Crippen LogP contribution in [0.3, 0.4) is 0 Å². The maximum absolute atomic E-state index is 12.3. The number of likely N-dealkylation sites (tertiary alicyclic amines) is 1. The van der Waals surface area contributed by atoms with Gasteiger partial charge in [0.05, 0.1) is 13.2 Å². The minimum absolute atomic E-state index is 0.0431. The summed E-state index contributed by atoms with van der Waals surface area (Å²) < 4.78 is 5.23. The van der Waals surface area contributed by atoms with Crippen LogP contribution in [0.25, 0.3) is 0 Å². The van der Waals surface area contributed by atoms with Crippen LogP contribution in [0.1, 0.15) is 43.7 Å². The summed E-state index contributed by atoms with van der Waals surface area (Å²) in [6, 6.07) is 7.87. The van der Waals surface area contributed by atoms with Crippen molar-refractivity contribution in [2.45, 2.75) is 38.1 Å². The molecule has 0 radical (unpaired) electrons. The normalized spacial score (nSPS) is 17.8. The minimum Gasteiger partial charge on any atom is -0.497 e. The van der Waals surface area contributed by atoms with Gasteiger partial charge in [-0.15, -0.1) is 0 Å². The lowest BCUT2D eigenvalue weighted by Crippen LogP contribution is -2.30. The largest absolute Gasteiger partial charge is 0.497 e. The summed E-state index contributed by atoms with van der Waals surface area (Å²) >= 11 is 0. The van der Waals surface area contributed by atoms with Crippen molar-refractivity contribution in [3.05, 3.63) is 29.8 Å². The van der Waals surface area contributed by atoms with Gasteiger partial charge in [-0.3, -0.25) is 9.59 Å². The Labute approximate surface area is 124 Å². The lowest BCUT2D eigenvalue weighted by atomic mass is 10.0. The van der Waals surface area contributed by atoms with Crippen LogP contribution in [0.2, 0.25) is 0 Å². The fourth-order valence-corrected chi connectivity index (χ4v) is 2.80. The van der Waals surface area contributed by atoms with Gasteiger partial charge in [0, 0.05) is 19.4 Å². The Kier molecular flexibility index (Phi) is 5.20. The van der Waals surface area contributed by atoms with Crippen molar-refractivity contribution in [3.63, 3.8) is 0 Å². The summed E-state index contributed by atoms with van der Waals surface area (Å²) in [5.74, 6) is -0.0205. The third kappa shape index (κ3) is 3.97. The highest BCUT2D eigenvalue weighted by Crippen LogP contribution is 2.34. The molecule has 1 aromatic carbocycles. The molecule has 1 heterocycles. The number of carboxylic acids is 1. The maximum Gasteiger partial charge on any atom is 0.303 e. The predicted octanol–water partition coefficient (Wildman–Crippen LogP) is 2.61. The molecule has 1 unspecified atom stereocenters. The number of nitrogens with zero attached hydrogens (tertiary/aromatic N) is 1. The number of carbonyl (C=O) groups is 2. The second kappa shape index (κ2) is 7.11. The maximum atomic E-state index is 12.3. The first-order valence-corrected chi connectivity index (χ1v) is 7.27. The third-order valence-electron chi connectivity index (χ3n) is 3.83. The van der Waals surface area contributed by atoms with Gasteiger partial charge < -0.3 is 14.7 Å². The SMILES string of the molecule is COc1cccc(C2CCCN2C(=O)CCCC(=O)O)c1. The van der Waals surface area contributed by atoms with Gasteiger partial charge >= 0.3 is 5.97 Å². The highest BCUT2D eigenvalue weighted by molar-refractivity contribution is 5.77. The van der Waals surface area contributed by atoms with Gasteiger partial charge in [0.2, 0.25) is 5.91 Å². The van der Waals surface area contributed by atoms with Crippen molar-refractivity contribution in [1.29, 1.82) is 0 Å². The molecule has 1 aliphatic rings. The molecular weight excluding hydrogens is 270 g/mol. The van der Waals surface area contributed by atoms with Crippen molar-refractivity contribution in [3.8, 4) is 5.75 Å². The molecule has 114 valence electrons. The smallest absolute Gasteiger partial charge is 0.303 e. The van der Waals surface area contributed by atoms with E-state index in [4.69, 9.17) is 9.84 Å². The Hall–Kier alpha value is -2.04. The number of ether oxygens (including phenoxy) is 1. The van der Waals surface area contributed by atoms with Crippen molar-refractivity contribution in [1.82, 2.24) is 4.90 Å². The van der Waals surface area contributed by atoms with Crippen molar-refractivity contribution >= 4 is 11.9 Å². The molecule has 1 N–H and O–H groups in total. The first-order valence-electron chi connectivity index (χ1n) is 7.27. The molecule has 5 heteroatoms. The number of hydrogen-bond acceptors (Lipinski definition) is 3. The van der Waals surface area contributed by atoms with Gasteiger partial charge in [-0.25, -0.2) is 0 Å². The number of methoxy groups -OCH3 is 1. The molecule has 1 amide bonds. The predicted molar refractivity (Wildman–Crippen MR) is 78.2 cm³/mol. The fraction of sp³-hybridized carbons (Fsp3) is 0.500. The van der Waals surface area contributed by atoms with Gasteiger partial charge in [0.15, 0.2) is 0 Å². The number of rotatable bonds is 6. The number of hydrogen-bond donors (Lipinski definition) is 1. The van der Waals surface area contributed by atoms with Crippen molar-refractivity contribution in [2.75, 3.05) is 13.7 Å². The van der Waals surface area contributed by atoms with E-state index in [9.17, 15) is 9.59 Å². The van der Waals surface area contributed by atoms with E-state index in [1.54, 1.807) is 7.11 Å². The topological polar surface area (TPSA) is 66.8 Å². The number of carbonyl (C=O) groups excluding carboxylic acids is 1. The number of benzene rings is 1. The van der Waals surface area contributed by atoms with Crippen LogP contribution in [-0.4, -0.2) is 35.5 Å². The zero-order chi connectivity index (χ0) is 15.2. The summed E-state index contributed by atoms with van der Waals surface area (Å²) in [5, 5.41) is 8.64. The zero-order valence-corrected chi connectivity index (χ0v) is 12.2. The van der Waals surface area contributed by atoms with Crippen LogP contribution in [0.5, 0.6) is 5.75 Å². The molecule has 0 aliphatic carbocycles. The van der Waals surface area contributed by atoms with Gasteiger partial charge in [0.25, 0.3) is 0 Å². The van der Waals surface area contributed by atoms with E-state index in [0.717, 1.165) is 30.7 Å². The highest BCUT2D eigenvalue weighted by atomic mass is 16.5. The van der Waals surface area contributed by atoms with Crippen LogP contribution in [0, 0.1) is 0 Å². The molecule has 0 spiro atoms. The van der Waals surface area contributed by atoms with Crippen LogP contribution in [0.4, 0.5) is 0 Å². The molecule has 5 nitrogen and oxygen atoms in total. The van der Waals surface area contributed by atoms with E-state index in [1.165, 1.54) is 0 Å². The zero-order valence-electron chi connectivity index (χ0n) is 12.2. The summed E-state index contributed by atoms with van der Waals surface area (Å²) in [6.45, 7) is 0.744. The number of aliphatic carboxylic acids is 1. The monoisotopic (exact) mass is 291 g/mol. The molecule has 0 bridgehead atoms. The van der Waals surface area contributed by atoms with Crippen LogP contribution in [-0.2, 0) is 9.59 Å². The lowest BCUT2D eigenvalue weighted by molar-refractivity contribution is -0.137. The Balaban J connectivity index is 2.02. The van der Waals surface area contributed by atoms with E-state index < -0.39 is 5.97 Å². The number of carboxylic acid groups (broad SMARTS) is 1. The van der Waals surface area contributed by atoms with E-state index in [0.29, 0.717) is 12.8 Å². The second-order valence-corrected chi connectivity index (χ2v) is 5.27. The van der Waals surface area contributed by atoms with Gasteiger partial charge in [-0.2, -0.15) is 0 Å². The second-order valence-electron chi connectivity index (χ2n) is 5.27. The molecule has 1 aliphatic heterocycles. The third-order valence-corrected chi connectivity index (χ3v) is 3.83. The summed E-state index contributed by atoms with van der Waals surface area (Å²) in [7, 11) is 1.63. The number of amides is 1. The Morgan fingerprint density at radius 1 is 1.38 bits per heavy atom. The Morgan fingerprint density at radius 3 is 2.90 bits per heavy atom. The first kappa shape index (κ1) is 15.4. The standard InChI is InChI=1S/C16H21NO4/c1-21-13-6-2-5-12(11-13)14-7-4-10-17(14)15(18)8-3-9-16(19)20/h2,5-6,11,14H,3-4,7-10H2,1H3,(H,19,20). The van der Waals surface area contributed by atoms with Crippen molar-refractivity contribution in [2.24, 2.45) is 0 Å². The first-order chi connectivity index (χ1) is 10.1. The van der Waals surface area contributed by atoms with E-state index >= 15 is 0 Å². The summed E-state index contributed by atoms with van der Waals surface area (Å²) in [4.78, 5) is 24.7. The lowest BCUT2D eigenvalue weighted by Gasteiger charge is -2.25.